The molecule has 0 bridgehead atoms. The molecule has 0 unspecified atom stereocenters. The van der Waals surface area contributed by atoms with Crippen LogP contribution >= 0.6 is 15.9 Å². The predicted octanol–water partition coefficient (Wildman–Crippen LogP) is 1.69. The van der Waals surface area contributed by atoms with E-state index in [1.165, 1.54) is 18.2 Å². The third kappa shape index (κ3) is 5.81. The summed E-state index contributed by atoms with van der Waals surface area (Å²) in [7, 11) is 0. The monoisotopic (exact) mass is 471 g/mol. The highest BCUT2D eigenvalue weighted by Crippen LogP contribution is 2.46. The van der Waals surface area contributed by atoms with Crippen molar-refractivity contribution in [2.45, 2.75) is 12.8 Å². The van der Waals surface area contributed by atoms with Crippen LogP contribution in [0.2, 0.25) is 0 Å². The number of hydrogen-bond acceptors (Lipinski definition) is 8. The second-order valence-electron chi connectivity index (χ2n) is 6.66. The number of aliphatic carboxylic acids is 1. The van der Waals surface area contributed by atoms with Crippen LogP contribution in [0.3, 0.4) is 0 Å². The number of halogens is 2. The number of amidine groups is 1. The van der Waals surface area contributed by atoms with Gasteiger partial charge < -0.3 is 24.8 Å². The topological polar surface area (TPSA) is 149 Å². The maximum absolute atomic E-state index is 13.4. The van der Waals surface area contributed by atoms with Gasteiger partial charge in [-0.3, -0.25) is 4.79 Å². The third-order valence-electron chi connectivity index (χ3n) is 4.18. The maximum Gasteiger partial charge on any atom is 0.326 e. The number of nitrogens with two attached hydrogens (primary N) is 2. The molecule has 1 fully saturated rings. The van der Waals surface area contributed by atoms with E-state index < -0.39 is 12.5 Å². The van der Waals surface area contributed by atoms with Crippen molar-refractivity contribution in [2.24, 2.45) is 22.1 Å². The molecule has 0 amide bonds. The van der Waals surface area contributed by atoms with E-state index in [-0.39, 0.29) is 28.7 Å². The smallest absolute Gasteiger partial charge is 0.326 e. The average Bonchev–Trinajstić information content (AvgIpc) is 3.26. The molecule has 1 aliphatic rings. The molecule has 1 saturated carbocycles. The Bertz CT molecular complexity index is 917. The molecule has 1 heterocycles. The van der Waals surface area contributed by atoms with E-state index in [0.29, 0.717) is 28.6 Å². The molecule has 12 heteroatoms. The molecule has 0 radical (unpaired) electrons. The van der Waals surface area contributed by atoms with Gasteiger partial charge in [0.25, 0.3) is 5.88 Å². The minimum absolute atomic E-state index is 0.0885. The van der Waals surface area contributed by atoms with Crippen LogP contribution in [-0.2, 0) is 4.79 Å². The predicted molar refractivity (Wildman–Crippen MR) is 103 cm³/mol. The van der Waals surface area contributed by atoms with Gasteiger partial charge in [0.05, 0.1) is 23.8 Å². The van der Waals surface area contributed by atoms with Crippen LogP contribution in [0.1, 0.15) is 18.6 Å². The average molecular weight is 472 g/mol. The van der Waals surface area contributed by atoms with E-state index in [9.17, 15) is 9.18 Å². The Kier molecular flexibility index (Phi) is 6.23. The first kappa shape index (κ1) is 20.9. The summed E-state index contributed by atoms with van der Waals surface area (Å²) in [5, 5.41) is 16.7. The number of aromatic nitrogens is 1. The van der Waals surface area contributed by atoms with E-state index in [2.05, 4.69) is 26.2 Å². The van der Waals surface area contributed by atoms with Crippen molar-refractivity contribution in [1.29, 1.82) is 0 Å². The van der Waals surface area contributed by atoms with Crippen molar-refractivity contribution in [3.05, 3.63) is 40.3 Å². The molecule has 29 heavy (non-hydrogen) atoms. The molecule has 0 saturated heterocycles. The van der Waals surface area contributed by atoms with Crippen LogP contribution in [0, 0.1) is 11.2 Å². The Hall–Kier alpha value is -2.86. The molecule has 0 spiro atoms. The van der Waals surface area contributed by atoms with Crippen molar-refractivity contribution in [3.63, 3.8) is 0 Å². The molecule has 10 nitrogen and oxygen atoms in total. The highest BCUT2D eigenvalue weighted by molar-refractivity contribution is 9.10. The summed E-state index contributed by atoms with van der Waals surface area (Å²) in [5.41, 5.74) is 5.51. The van der Waals surface area contributed by atoms with Crippen molar-refractivity contribution in [2.75, 3.05) is 19.8 Å². The SMILES string of the molecule is N/C(=N\N(N)CC(=O)O)c1cc(OCC2(COc3cc(F)ccc3Br)CC2)no1. The normalized spacial score (nSPS) is 15.1. The molecule has 156 valence electrons. The molecule has 0 atom stereocenters. The minimum Gasteiger partial charge on any atom is -0.492 e. The van der Waals surface area contributed by atoms with Gasteiger partial charge in [0.2, 0.25) is 5.76 Å². The zero-order chi connectivity index (χ0) is 21.0. The van der Waals surface area contributed by atoms with Crippen molar-refractivity contribution in [1.82, 2.24) is 10.3 Å². The summed E-state index contributed by atoms with van der Waals surface area (Å²) in [6.07, 6.45) is 1.79. The lowest BCUT2D eigenvalue weighted by molar-refractivity contribution is -0.138. The van der Waals surface area contributed by atoms with Gasteiger partial charge in [-0.1, -0.05) is 0 Å². The number of carboxylic acids is 1. The number of carbonyl (C=O) groups is 1. The van der Waals surface area contributed by atoms with E-state index in [4.69, 9.17) is 30.7 Å². The van der Waals surface area contributed by atoms with Crippen LogP contribution in [0.15, 0.2) is 38.4 Å². The minimum atomic E-state index is -1.16. The first-order chi connectivity index (χ1) is 13.8. The Balaban J connectivity index is 1.53. The molecular weight excluding hydrogens is 453 g/mol. The molecule has 3 rings (SSSR count). The molecule has 1 aromatic heterocycles. The lowest BCUT2D eigenvalue weighted by atomic mass is 10.1. The lowest BCUT2D eigenvalue weighted by Crippen LogP contribution is -2.33. The van der Waals surface area contributed by atoms with E-state index in [1.54, 1.807) is 6.07 Å². The molecule has 2 aromatic rings. The Labute approximate surface area is 173 Å². The van der Waals surface area contributed by atoms with Gasteiger partial charge in [0.1, 0.15) is 11.6 Å². The number of ether oxygens (including phenoxy) is 2. The highest BCUT2D eigenvalue weighted by Gasteiger charge is 2.45. The summed E-state index contributed by atoms with van der Waals surface area (Å²) < 4.78 is 30.5. The Morgan fingerprint density at radius 2 is 2.10 bits per heavy atom. The maximum atomic E-state index is 13.4. The first-order valence-electron chi connectivity index (χ1n) is 8.52. The third-order valence-corrected chi connectivity index (χ3v) is 4.84. The number of hydrazone groups is 1. The van der Waals surface area contributed by atoms with Gasteiger partial charge >= 0.3 is 5.97 Å². The fourth-order valence-corrected chi connectivity index (χ4v) is 2.72. The fourth-order valence-electron chi connectivity index (χ4n) is 2.36. The first-order valence-corrected chi connectivity index (χ1v) is 9.31. The summed E-state index contributed by atoms with van der Waals surface area (Å²) >= 11 is 3.33. The van der Waals surface area contributed by atoms with E-state index >= 15 is 0 Å². The Morgan fingerprint density at radius 1 is 1.38 bits per heavy atom. The van der Waals surface area contributed by atoms with Crippen molar-refractivity contribution < 1.29 is 28.3 Å². The van der Waals surface area contributed by atoms with Crippen LogP contribution in [-0.4, -0.2) is 46.9 Å². The molecule has 1 aliphatic carbocycles. The zero-order valence-corrected chi connectivity index (χ0v) is 16.8. The van der Waals surface area contributed by atoms with Gasteiger partial charge in [0, 0.05) is 11.5 Å². The van der Waals surface area contributed by atoms with Gasteiger partial charge in [-0.25, -0.2) is 15.4 Å². The van der Waals surface area contributed by atoms with Crippen LogP contribution in [0.5, 0.6) is 11.6 Å². The largest absolute Gasteiger partial charge is 0.492 e. The van der Waals surface area contributed by atoms with Gasteiger partial charge in [-0.15, -0.1) is 5.10 Å². The number of rotatable bonds is 10. The second-order valence-corrected chi connectivity index (χ2v) is 7.51. The lowest BCUT2D eigenvalue weighted by Gasteiger charge is -2.16. The van der Waals surface area contributed by atoms with E-state index in [0.717, 1.165) is 12.8 Å². The quantitative estimate of drug-likeness (QED) is 0.203. The van der Waals surface area contributed by atoms with Gasteiger partial charge in [-0.05, 0) is 46.1 Å². The number of benzene rings is 1. The number of hydrogen-bond donors (Lipinski definition) is 3. The van der Waals surface area contributed by atoms with Crippen molar-refractivity contribution >= 4 is 27.7 Å². The van der Waals surface area contributed by atoms with Crippen LogP contribution in [0.4, 0.5) is 4.39 Å². The summed E-state index contributed by atoms with van der Waals surface area (Å²) in [4.78, 5) is 10.6. The second kappa shape index (κ2) is 8.66. The van der Waals surface area contributed by atoms with Gasteiger partial charge in [0.15, 0.2) is 12.4 Å². The molecule has 0 aliphatic heterocycles. The fraction of sp³-hybridized carbons (Fsp3) is 0.353. The summed E-state index contributed by atoms with van der Waals surface area (Å²) in [6, 6.07) is 5.67. The Morgan fingerprint density at radius 3 is 2.79 bits per heavy atom. The molecule has 1 aromatic carbocycles. The van der Waals surface area contributed by atoms with Crippen LogP contribution < -0.4 is 21.1 Å². The number of carboxylic acid groups (broad SMARTS) is 1. The summed E-state index contributed by atoms with van der Waals surface area (Å²) in [6.45, 7) is 0.161. The highest BCUT2D eigenvalue weighted by atomic mass is 79.9. The van der Waals surface area contributed by atoms with E-state index in [1.807, 2.05) is 0 Å². The summed E-state index contributed by atoms with van der Waals surface area (Å²) in [5.74, 6) is 4.43. The molecular formula is C17H19BrFN5O5. The number of hydrazine groups is 1. The number of nitrogens with zero attached hydrogens (tertiary/aromatic N) is 3. The zero-order valence-electron chi connectivity index (χ0n) is 15.2. The van der Waals surface area contributed by atoms with Gasteiger partial charge in [-0.2, -0.15) is 0 Å². The van der Waals surface area contributed by atoms with Crippen molar-refractivity contribution in [3.8, 4) is 11.6 Å². The van der Waals surface area contributed by atoms with Crippen LogP contribution in [0.25, 0.3) is 0 Å². The molecule has 5 N–H and O–H groups in total. The standard InChI is InChI=1S/C17H19BrFN5O5/c18-11-2-1-10(19)5-12(11)27-8-17(3-4-17)9-28-14-6-13(29-23-14)16(20)22-24(21)7-15(25)26/h1-2,5-6H,3-4,7-9,21H2,(H2,20,22)(H,25,26).